The average Bonchev–Trinajstić information content (AvgIpc) is 3.38. The lowest BCUT2D eigenvalue weighted by atomic mass is 10.2. The van der Waals surface area contributed by atoms with E-state index >= 15 is 0 Å². The summed E-state index contributed by atoms with van der Waals surface area (Å²) in [5.41, 5.74) is -0.251. The molecule has 1 fully saturated rings. The molecule has 188 valence electrons. The number of nitrogens with zero attached hydrogens (tertiary/aromatic N) is 2. The van der Waals surface area contributed by atoms with Crippen LogP contribution in [0, 0.1) is 0 Å². The van der Waals surface area contributed by atoms with Crippen molar-refractivity contribution in [2.24, 2.45) is 0 Å². The van der Waals surface area contributed by atoms with Gasteiger partial charge in [-0.1, -0.05) is 25.0 Å². The van der Waals surface area contributed by atoms with Gasteiger partial charge < -0.3 is 15.4 Å². The first-order valence-electron chi connectivity index (χ1n) is 12.0. The van der Waals surface area contributed by atoms with Crippen LogP contribution in [-0.4, -0.2) is 39.6 Å². The number of hydrogen-bond donors (Lipinski definition) is 2. The van der Waals surface area contributed by atoms with Crippen molar-refractivity contribution in [3.05, 3.63) is 74.9 Å². The minimum atomic E-state index is -0.743. The molecule has 0 aliphatic heterocycles. The van der Waals surface area contributed by atoms with E-state index in [1.165, 1.54) is 16.7 Å². The molecule has 4 rings (SSSR count). The molecule has 1 aliphatic carbocycles. The Morgan fingerprint density at radius 1 is 0.917 bits per heavy atom. The fourth-order valence-corrected chi connectivity index (χ4v) is 4.40. The lowest BCUT2D eigenvalue weighted by Crippen LogP contribution is -2.46. The molecule has 0 saturated heterocycles. The van der Waals surface area contributed by atoms with Gasteiger partial charge in [0.05, 0.1) is 23.1 Å². The van der Waals surface area contributed by atoms with Gasteiger partial charge in [0.2, 0.25) is 11.8 Å². The fourth-order valence-electron chi connectivity index (χ4n) is 4.40. The van der Waals surface area contributed by atoms with E-state index in [9.17, 15) is 24.0 Å². The number of fused-ring (bicyclic) bond motifs is 1. The van der Waals surface area contributed by atoms with Gasteiger partial charge in [0.1, 0.15) is 13.1 Å². The number of amides is 2. The molecule has 1 heterocycles. The number of hydrogen-bond acceptors (Lipinski definition) is 6. The van der Waals surface area contributed by atoms with E-state index in [-0.39, 0.29) is 24.6 Å². The molecule has 0 radical (unpaired) electrons. The van der Waals surface area contributed by atoms with Crippen LogP contribution in [-0.2, 0) is 27.4 Å². The van der Waals surface area contributed by atoms with Crippen LogP contribution in [0.2, 0.25) is 0 Å². The average molecular weight is 493 g/mol. The number of nitrogens with one attached hydrogen (secondary N) is 2. The molecule has 3 aromatic rings. The van der Waals surface area contributed by atoms with Crippen molar-refractivity contribution in [3.63, 3.8) is 0 Å². The summed E-state index contributed by atoms with van der Waals surface area (Å²) in [6.07, 6.45) is 3.83. The first-order valence-corrected chi connectivity index (χ1v) is 12.0. The number of para-hydroxylation sites is 1. The molecule has 10 heteroatoms. The zero-order valence-corrected chi connectivity index (χ0v) is 20.0. The van der Waals surface area contributed by atoms with Crippen LogP contribution >= 0.6 is 0 Å². The van der Waals surface area contributed by atoms with Gasteiger partial charge in [-0.2, -0.15) is 0 Å². The van der Waals surface area contributed by atoms with Crippen molar-refractivity contribution in [2.45, 2.75) is 51.7 Å². The summed E-state index contributed by atoms with van der Waals surface area (Å²) in [6, 6.07) is 12.7. The number of aromatic nitrogens is 2. The van der Waals surface area contributed by atoms with Crippen molar-refractivity contribution >= 4 is 34.4 Å². The Bertz CT molecular complexity index is 1400. The summed E-state index contributed by atoms with van der Waals surface area (Å²) in [5, 5.41) is 5.80. The molecule has 1 aliphatic rings. The van der Waals surface area contributed by atoms with Crippen LogP contribution in [0.25, 0.3) is 10.9 Å². The van der Waals surface area contributed by atoms with Gasteiger partial charge in [0, 0.05) is 11.7 Å². The largest absolute Gasteiger partial charge is 0.462 e. The van der Waals surface area contributed by atoms with Crippen LogP contribution in [0.4, 0.5) is 5.69 Å². The number of anilines is 1. The second-order valence-corrected chi connectivity index (χ2v) is 8.67. The SMILES string of the molecule is CCOC(=O)c1ccc(NC(=O)Cn2c(=O)n(CC(=O)NC3CCCC3)c(=O)c3ccccc32)cc1. The molecule has 2 amide bonds. The molecule has 1 aromatic heterocycles. The van der Waals surface area contributed by atoms with E-state index in [2.05, 4.69) is 10.6 Å². The highest BCUT2D eigenvalue weighted by Crippen LogP contribution is 2.17. The third kappa shape index (κ3) is 5.54. The molecule has 0 atom stereocenters. The van der Waals surface area contributed by atoms with Crippen molar-refractivity contribution in [1.82, 2.24) is 14.5 Å². The normalized spacial score (nSPS) is 13.5. The second kappa shape index (κ2) is 11.0. The maximum absolute atomic E-state index is 13.3. The highest BCUT2D eigenvalue weighted by atomic mass is 16.5. The molecule has 2 N–H and O–H groups in total. The molecule has 0 spiro atoms. The zero-order valence-electron chi connectivity index (χ0n) is 20.0. The van der Waals surface area contributed by atoms with Crippen molar-refractivity contribution in [3.8, 4) is 0 Å². The van der Waals surface area contributed by atoms with Gasteiger partial charge in [-0.3, -0.25) is 23.5 Å². The maximum atomic E-state index is 13.3. The summed E-state index contributed by atoms with van der Waals surface area (Å²) in [6.45, 7) is 1.17. The topological polar surface area (TPSA) is 128 Å². The van der Waals surface area contributed by atoms with Crippen molar-refractivity contribution < 1.29 is 19.1 Å². The first-order chi connectivity index (χ1) is 17.4. The summed E-state index contributed by atoms with van der Waals surface area (Å²) in [4.78, 5) is 63.5. The second-order valence-electron chi connectivity index (χ2n) is 8.67. The van der Waals surface area contributed by atoms with Gasteiger partial charge in [-0.25, -0.2) is 9.59 Å². The van der Waals surface area contributed by atoms with Gasteiger partial charge >= 0.3 is 11.7 Å². The summed E-state index contributed by atoms with van der Waals surface area (Å²) >= 11 is 0. The predicted octanol–water partition coefficient (Wildman–Crippen LogP) is 2.04. The van der Waals surface area contributed by atoms with Gasteiger partial charge in [0.15, 0.2) is 0 Å². The Kier molecular flexibility index (Phi) is 7.62. The van der Waals surface area contributed by atoms with E-state index in [0.29, 0.717) is 16.8 Å². The van der Waals surface area contributed by atoms with E-state index in [1.54, 1.807) is 43.3 Å². The Hall–Kier alpha value is -4.21. The Labute approximate surface area is 206 Å². The third-order valence-electron chi connectivity index (χ3n) is 6.14. The molecular weight excluding hydrogens is 464 g/mol. The number of esters is 1. The monoisotopic (exact) mass is 492 g/mol. The van der Waals surface area contributed by atoms with Crippen LogP contribution in [0.15, 0.2) is 58.1 Å². The lowest BCUT2D eigenvalue weighted by molar-refractivity contribution is -0.122. The number of ether oxygens (including phenoxy) is 1. The highest BCUT2D eigenvalue weighted by Gasteiger charge is 2.20. The Morgan fingerprint density at radius 3 is 2.28 bits per heavy atom. The quantitative estimate of drug-likeness (QED) is 0.463. The molecule has 0 unspecified atom stereocenters. The van der Waals surface area contributed by atoms with E-state index in [1.807, 2.05) is 0 Å². The van der Waals surface area contributed by atoms with E-state index in [4.69, 9.17) is 4.74 Å². The molecule has 10 nitrogen and oxygen atoms in total. The molecule has 1 saturated carbocycles. The summed E-state index contributed by atoms with van der Waals surface area (Å²) in [5.74, 6) is -1.38. The van der Waals surface area contributed by atoms with Gasteiger partial charge in [-0.15, -0.1) is 0 Å². The molecule has 2 aromatic carbocycles. The predicted molar refractivity (Wildman–Crippen MR) is 134 cm³/mol. The van der Waals surface area contributed by atoms with Gasteiger partial charge in [0.25, 0.3) is 5.56 Å². The van der Waals surface area contributed by atoms with Crippen LogP contribution in [0.5, 0.6) is 0 Å². The molecule has 0 bridgehead atoms. The third-order valence-corrected chi connectivity index (χ3v) is 6.14. The fraction of sp³-hybridized carbons (Fsp3) is 0.346. The van der Waals surface area contributed by atoms with E-state index < -0.39 is 35.6 Å². The maximum Gasteiger partial charge on any atom is 0.338 e. The van der Waals surface area contributed by atoms with Crippen molar-refractivity contribution in [1.29, 1.82) is 0 Å². The number of carbonyl (C=O) groups excluding carboxylic acids is 3. The summed E-state index contributed by atoms with van der Waals surface area (Å²) < 4.78 is 7.00. The van der Waals surface area contributed by atoms with Crippen LogP contribution in [0.1, 0.15) is 43.0 Å². The Balaban J connectivity index is 1.57. The zero-order chi connectivity index (χ0) is 25.7. The lowest BCUT2D eigenvalue weighted by Gasteiger charge is -2.16. The molecular formula is C26H28N4O6. The molecule has 36 heavy (non-hydrogen) atoms. The summed E-state index contributed by atoms with van der Waals surface area (Å²) in [7, 11) is 0. The number of rotatable bonds is 8. The minimum Gasteiger partial charge on any atom is -0.462 e. The highest BCUT2D eigenvalue weighted by molar-refractivity contribution is 5.93. The Morgan fingerprint density at radius 2 is 1.58 bits per heavy atom. The first kappa shape index (κ1) is 24.9. The van der Waals surface area contributed by atoms with Gasteiger partial charge in [-0.05, 0) is 56.2 Å². The standard InChI is InChI=1S/C26H28N4O6/c1-2-36-25(34)17-11-13-19(14-12-17)28-22(31)15-29-21-10-6-5-9-20(21)24(33)30(26(29)35)16-23(32)27-18-7-3-4-8-18/h5-6,9-14,18H,2-4,7-8,15-16H2,1H3,(H,27,32)(H,28,31). The minimum absolute atomic E-state index is 0.0527. The van der Waals surface area contributed by atoms with Crippen LogP contribution < -0.4 is 21.9 Å². The van der Waals surface area contributed by atoms with Crippen molar-refractivity contribution in [2.75, 3.05) is 11.9 Å². The number of carbonyl (C=O) groups is 3. The number of benzene rings is 2. The van der Waals surface area contributed by atoms with Crippen LogP contribution in [0.3, 0.4) is 0 Å². The smallest absolute Gasteiger partial charge is 0.338 e. The van der Waals surface area contributed by atoms with E-state index in [0.717, 1.165) is 30.3 Å².